The smallest absolute Gasteiger partial charge is 0.145 e. The quantitative estimate of drug-likeness (QED) is 0.410. The summed E-state index contributed by atoms with van der Waals surface area (Å²) in [6.07, 6.45) is 1.71. The molecule has 4 rings (SSSR count). The van der Waals surface area contributed by atoms with E-state index in [2.05, 4.69) is 35.3 Å². The molecule has 0 unspecified atom stereocenters. The van der Waals surface area contributed by atoms with Crippen molar-refractivity contribution in [3.8, 4) is 28.5 Å². The van der Waals surface area contributed by atoms with Crippen molar-refractivity contribution < 1.29 is 4.42 Å². The van der Waals surface area contributed by atoms with Crippen molar-refractivity contribution >= 4 is 11.9 Å². The number of furan rings is 1. The van der Waals surface area contributed by atoms with E-state index in [9.17, 15) is 0 Å². The van der Waals surface area contributed by atoms with E-state index < -0.39 is 0 Å². The van der Waals surface area contributed by atoms with Crippen LogP contribution in [0, 0.1) is 11.3 Å². The lowest BCUT2D eigenvalue weighted by Gasteiger charge is -2.01. The van der Waals surface area contributed by atoms with Gasteiger partial charge in [0.2, 0.25) is 0 Å². The first-order valence-electron chi connectivity index (χ1n) is 8.62. The Morgan fingerprint density at radius 3 is 2.07 bits per heavy atom. The molecule has 0 aliphatic heterocycles. The molecule has 128 valence electrons. The molecule has 3 heteroatoms. The summed E-state index contributed by atoms with van der Waals surface area (Å²) < 4.78 is 5.83. The summed E-state index contributed by atoms with van der Waals surface area (Å²) in [5.74, 6) is 1.43. The number of nitriles is 1. The van der Waals surface area contributed by atoms with E-state index in [0.717, 1.165) is 22.6 Å². The predicted molar refractivity (Wildman–Crippen MR) is 108 cm³/mol. The number of aliphatic imine (C=N–C) groups is 1. The molecule has 0 spiro atoms. The Morgan fingerprint density at radius 1 is 0.704 bits per heavy atom. The fourth-order valence-electron chi connectivity index (χ4n) is 2.80. The van der Waals surface area contributed by atoms with Crippen LogP contribution in [0.1, 0.15) is 11.3 Å². The van der Waals surface area contributed by atoms with Crippen molar-refractivity contribution in [3.63, 3.8) is 0 Å². The third-order valence-corrected chi connectivity index (χ3v) is 4.24. The van der Waals surface area contributed by atoms with Gasteiger partial charge in [0.25, 0.3) is 0 Å². The van der Waals surface area contributed by atoms with Crippen molar-refractivity contribution in [2.75, 3.05) is 0 Å². The maximum absolute atomic E-state index is 8.87. The van der Waals surface area contributed by atoms with Gasteiger partial charge in [0.05, 0.1) is 23.5 Å². The van der Waals surface area contributed by atoms with E-state index in [1.165, 1.54) is 5.56 Å². The van der Waals surface area contributed by atoms with Crippen LogP contribution in [0.3, 0.4) is 0 Å². The molecule has 0 N–H and O–H groups in total. The molecule has 27 heavy (non-hydrogen) atoms. The molecule has 1 heterocycles. The van der Waals surface area contributed by atoms with Crippen molar-refractivity contribution in [1.29, 1.82) is 5.26 Å². The van der Waals surface area contributed by atoms with Crippen molar-refractivity contribution in [2.24, 2.45) is 4.99 Å². The first kappa shape index (κ1) is 16.6. The van der Waals surface area contributed by atoms with Gasteiger partial charge in [-0.15, -0.1) is 0 Å². The minimum atomic E-state index is 0.631. The Balaban J connectivity index is 1.48. The van der Waals surface area contributed by atoms with Crippen LogP contribution < -0.4 is 0 Å². The van der Waals surface area contributed by atoms with Gasteiger partial charge in [-0.05, 0) is 59.7 Å². The largest absolute Gasteiger partial charge is 0.455 e. The molecule has 0 fully saturated rings. The lowest BCUT2D eigenvalue weighted by molar-refractivity contribution is 0.575. The second kappa shape index (κ2) is 7.55. The minimum absolute atomic E-state index is 0.631. The standard InChI is InChI=1S/C24H16N2O/c25-16-18-6-8-21(9-7-18)24-15-14-23(27-24)17-26-22-12-10-20(11-13-22)19-4-2-1-3-5-19/h1-15,17H. The zero-order valence-electron chi connectivity index (χ0n) is 14.5. The van der Waals surface area contributed by atoms with Gasteiger partial charge in [0.15, 0.2) is 0 Å². The Kier molecular flexibility index (Phi) is 4.63. The number of rotatable bonds is 4. The predicted octanol–water partition coefficient (Wildman–Crippen LogP) is 6.24. The summed E-state index contributed by atoms with van der Waals surface area (Å²) in [4.78, 5) is 4.48. The highest BCUT2D eigenvalue weighted by Gasteiger charge is 2.04. The van der Waals surface area contributed by atoms with Crippen LogP contribution in [0.4, 0.5) is 5.69 Å². The summed E-state index contributed by atoms with van der Waals surface area (Å²) in [6.45, 7) is 0. The number of benzene rings is 3. The number of nitrogens with zero attached hydrogens (tertiary/aromatic N) is 2. The first-order valence-corrected chi connectivity index (χ1v) is 8.62. The van der Waals surface area contributed by atoms with Gasteiger partial charge in [-0.25, -0.2) is 0 Å². The van der Waals surface area contributed by atoms with Crippen LogP contribution in [-0.4, -0.2) is 6.21 Å². The van der Waals surface area contributed by atoms with Crippen molar-refractivity contribution in [1.82, 2.24) is 0 Å². The third kappa shape index (κ3) is 3.86. The number of hydrogen-bond acceptors (Lipinski definition) is 3. The van der Waals surface area contributed by atoms with Crippen LogP contribution in [0.15, 0.2) is 100 Å². The highest BCUT2D eigenvalue weighted by atomic mass is 16.3. The second-order valence-electron chi connectivity index (χ2n) is 6.06. The summed E-state index contributed by atoms with van der Waals surface area (Å²) in [5.41, 5.74) is 4.78. The van der Waals surface area contributed by atoms with Gasteiger partial charge in [-0.3, -0.25) is 4.99 Å². The molecule has 4 aromatic rings. The van der Waals surface area contributed by atoms with E-state index in [0.29, 0.717) is 11.3 Å². The summed E-state index contributed by atoms with van der Waals surface area (Å²) in [5, 5.41) is 8.87. The Hall–Kier alpha value is -3.90. The minimum Gasteiger partial charge on any atom is -0.455 e. The lowest BCUT2D eigenvalue weighted by Crippen LogP contribution is -1.78. The van der Waals surface area contributed by atoms with Crippen LogP contribution in [-0.2, 0) is 0 Å². The molecule has 0 aliphatic rings. The molecule has 3 aromatic carbocycles. The lowest BCUT2D eigenvalue weighted by atomic mass is 10.1. The van der Waals surface area contributed by atoms with Crippen LogP contribution in [0.2, 0.25) is 0 Å². The maximum Gasteiger partial charge on any atom is 0.145 e. The summed E-state index contributed by atoms with van der Waals surface area (Å²) in [6, 6.07) is 31.6. The number of hydrogen-bond donors (Lipinski definition) is 0. The zero-order valence-corrected chi connectivity index (χ0v) is 14.5. The monoisotopic (exact) mass is 348 g/mol. The molecule has 3 nitrogen and oxygen atoms in total. The molecule has 0 saturated carbocycles. The van der Waals surface area contributed by atoms with Crippen molar-refractivity contribution in [2.45, 2.75) is 0 Å². The Bertz CT molecular complexity index is 1100. The van der Waals surface area contributed by atoms with E-state index in [-0.39, 0.29) is 0 Å². The molecule has 0 amide bonds. The highest BCUT2D eigenvalue weighted by molar-refractivity contribution is 5.80. The van der Waals surface area contributed by atoms with E-state index in [1.807, 2.05) is 54.6 Å². The van der Waals surface area contributed by atoms with Gasteiger partial charge in [0, 0.05) is 5.56 Å². The fraction of sp³-hybridized carbons (Fsp3) is 0. The molecule has 0 bridgehead atoms. The summed E-state index contributed by atoms with van der Waals surface area (Å²) in [7, 11) is 0. The third-order valence-electron chi connectivity index (χ3n) is 4.24. The molecule has 1 aromatic heterocycles. The van der Waals surface area contributed by atoms with E-state index in [1.54, 1.807) is 18.3 Å². The molecule has 0 aliphatic carbocycles. The van der Waals surface area contributed by atoms with Gasteiger partial charge in [-0.2, -0.15) is 5.26 Å². The Morgan fingerprint density at radius 2 is 1.37 bits per heavy atom. The molecule has 0 atom stereocenters. The first-order chi connectivity index (χ1) is 13.3. The second-order valence-corrected chi connectivity index (χ2v) is 6.06. The molecule has 0 saturated heterocycles. The highest BCUT2D eigenvalue weighted by Crippen LogP contribution is 2.24. The maximum atomic E-state index is 8.87. The molecular formula is C24H16N2O. The van der Waals surface area contributed by atoms with Crippen LogP contribution >= 0.6 is 0 Å². The summed E-state index contributed by atoms with van der Waals surface area (Å²) >= 11 is 0. The van der Waals surface area contributed by atoms with E-state index >= 15 is 0 Å². The van der Waals surface area contributed by atoms with Gasteiger partial charge in [-0.1, -0.05) is 42.5 Å². The van der Waals surface area contributed by atoms with Gasteiger partial charge < -0.3 is 4.42 Å². The van der Waals surface area contributed by atoms with E-state index in [4.69, 9.17) is 9.68 Å². The Labute approximate surface area is 157 Å². The van der Waals surface area contributed by atoms with Crippen molar-refractivity contribution in [3.05, 3.63) is 102 Å². The average molecular weight is 348 g/mol. The van der Waals surface area contributed by atoms with Crippen LogP contribution in [0.25, 0.3) is 22.5 Å². The van der Waals surface area contributed by atoms with Gasteiger partial charge >= 0.3 is 0 Å². The topological polar surface area (TPSA) is 49.3 Å². The normalized spacial score (nSPS) is 10.8. The zero-order chi connectivity index (χ0) is 18.5. The molecule has 0 radical (unpaired) electrons. The SMILES string of the molecule is N#Cc1ccc(-c2ccc(C=Nc3ccc(-c4ccccc4)cc3)o2)cc1. The molecular weight excluding hydrogens is 332 g/mol. The van der Waals surface area contributed by atoms with Gasteiger partial charge in [0.1, 0.15) is 11.5 Å². The average Bonchev–Trinajstić information content (AvgIpc) is 3.22. The van der Waals surface area contributed by atoms with Crippen LogP contribution in [0.5, 0.6) is 0 Å². The fourth-order valence-corrected chi connectivity index (χ4v) is 2.80.